The molecule has 1 N–H and O–H groups in total. The van der Waals surface area contributed by atoms with E-state index in [0.717, 1.165) is 18.4 Å². The zero-order valence-corrected chi connectivity index (χ0v) is 15.5. The molecule has 0 radical (unpaired) electrons. The molecule has 0 amide bonds. The molecule has 3 nitrogen and oxygen atoms in total. The monoisotopic (exact) mass is 319 g/mol. The van der Waals surface area contributed by atoms with Crippen molar-refractivity contribution in [1.82, 2.24) is 4.98 Å². The van der Waals surface area contributed by atoms with E-state index in [1.54, 1.807) is 12.3 Å². The van der Waals surface area contributed by atoms with Gasteiger partial charge < -0.3 is 9.41 Å². The summed E-state index contributed by atoms with van der Waals surface area (Å²) < 4.78 is 6.18. The summed E-state index contributed by atoms with van der Waals surface area (Å²) in [5, 5.41) is 0. The van der Waals surface area contributed by atoms with Gasteiger partial charge in [0.1, 0.15) is 0 Å². The third kappa shape index (κ3) is 3.72. The molecule has 1 aliphatic carbocycles. The summed E-state index contributed by atoms with van der Waals surface area (Å²) in [6.45, 7) is 15.0. The summed E-state index contributed by atoms with van der Waals surface area (Å²) in [4.78, 5) is 15.8. The van der Waals surface area contributed by atoms with Crippen molar-refractivity contribution in [3.63, 3.8) is 0 Å². The van der Waals surface area contributed by atoms with E-state index in [4.69, 9.17) is 4.43 Å². The van der Waals surface area contributed by atoms with E-state index in [1.807, 2.05) is 6.08 Å². The number of aromatic amines is 1. The van der Waals surface area contributed by atoms with Gasteiger partial charge in [0.2, 0.25) is 8.32 Å². The Morgan fingerprint density at radius 2 is 2.00 bits per heavy atom. The van der Waals surface area contributed by atoms with Crippen LogP contribution in [0.5, 0.6) is 5.88 Å². The molecule has 0 bridgehead atoms. The number of hydrogen-bond donors (Lipinski definition) is 1. The maximum absolute atomic E-state index is 12.6. The van der Waals surface area contributed by atoms with E-state index in [0.29, 0.717) is 23.6 Å². The normalized spacial score (nSPS) is 29.1. The van der Waals surface area contributed by atoms with E-state index in [1.165, 1.54) is 0 Å². The second-order valence-electron chi connectivity index (χ2n) is 7.78. The van der Waals surface area contributed by atoms with E-state index >= 15 is 0 Å². The van der Waals surface area contributed by atoms with Gasteiger partial charge in [0, 0.05) is 18.2 Å². The van der Waals surface area contributed by atoms with Crippen LogP contribution in [0.15, 0.2) is 29.7 Å². The van der Waals surface area contributed by atoms with Crippen LogP contribution in [-0.2, 0) is 0 Å². The van der Waals surface area contributed by atoms with Gasteiger partial charge in [-0.2, -0.15) is 0 Å². The van der Waals surface area contributed by atoms with Crippen molar-refractivity contribution in [2.24, 2.45) is 17.8 Å². The lowest BCUT2D eigenvalue weighted by molar-refractivity contribution is 0.208. The smallest absolute Gasteiger partial charge is 0.244 e. The van der Waals surface area contributed by atoms with Crippen molar-refractivity contribution >= 4 is 8.32 Å². The van der Waals surface area contributed by atoms with Gasteiger partial charge in [0.25, 0.3) is 0 Å². The number of allylic oxidation sites excluding steroid dienone is 1. The van der Waals surface area contributed by atoms with Gasteiger partial charge in [0.15, 0.2) is 11.3 Å². The standard InChI is InChI=1S/C18H29NO2Si/c1-7-14-11-12(2)10-13(3)16(14)17-15(20)8-9-19-18(17)21-22(4,5)6/h7-9,12-14,16H,1,10-11H2,2-6H3,(H,19,20)/t12-,13+,14-,16-/m0/s1. The number of hydrogen-bond acceptors (Lipinski definition) is 2. The van der Waals surface area contributed by atoms with Gasteiger partial charge >= 0.3 is 0 Å². The highest BCUT2D eigenvalue weighted by molar-refractivity contribution is 6.70. The Morgan fingerprint density at radius 3 is 2.59 bits per heavy atom. The fourth-order valence-corrected chi connectivity index (χ4v) is 4.61. The third-order valence-corrected chi connectivity index (χ3v) is 5.34. The molecule has 1 aliphatic rings. The van der Waals surface area contributed by atoms with Gasteiger partial charge in [-0.05, 0) is 50.2 Å². The molecular formula is C18H29NO2Si. The summed E-state index contributed by atoms with van der Waals surface area (Å²) in [5.41, 5.74) is 0.916. The maximum atomic E-state index is 12.6. The van der Waals surface area contributed by atoms with Crippen LogP contribution in [-0.4, -0.2) is 13.3 Å². The zero-order chi connectivity index (χ0) is 16.5. The van der Waals surface area contributed by atoms with Gasteiger partial charge in [-0.3, -0.25) is 4.79 Å². The number of H-pyrrole nitrogens is 1. The molecule has 22 heavy (non-hydrogen) atoms. The SMILES string of the molecule is C=C[C@H]1C[C@@H](C)C[C@@H](C)[C@@H]1c1c(O[Si](C)(C)C)[nH]ccc1=O. The second kappa shape index (κ2) is 6.45. The Hall–Kier alpha value is -1.29. The first-order chi connectivity index (χ1) is 10.2. The molecule has 1 fully saturated rings. The minimum absolute atomic E-state index is 0.0882. The topological polar surface area (TPSA) is 42.1 Å². The zero-order valence-electron chi connectivity index (χ0n) is 14.5. The molecule has 0 aromatic carbocycles. The van der Waals surface area contributed by atoms with Crippen LogP contribution in [0.25, 0.3) is 0 Å². The maximum Gasteiger partial charge on any atom is 0.244 e. The summed E-state index contributed by atoms with van der Waals surface area (Å²) in [6, 6.07) is 1.62. The van der Waals surface area contributed by atoms with Crippen LogP contribution in [0.1, 0.15) is 38.2 Å². The minimum Gasteiger partial charge on any atom is -0.532 e. The molecule has 1 heterocycles. The summed E-state index contributed by atoms with van der Waals surface area (Å²) in [5.74, 6) is 2.36. The minimum atomic E-state index is -1.78. The Balaban J connectivity index is 2.50. The average Bonchev–Trinajstić information content (AvgIpc) is 2.38. The highest BCUT2D eigenvalue weighted by atomic mass is 28.4. The first-order valence-electron chi connectivity index (χ1n) is 8.26. The molecule has 0 unspecified atom stereocenters. The Bertz CT molecular complexity index is 587. The van der Waals surface area contributed by atoms with Crippen molar-refractivity contribution < 1.29 is 4.43 Å². The van der Waals surface area contributed by atoms with Gasteiger partial charge in [-0.1, -0.05) is 19.9 Å². The van der Waals surface area contributed by atoms with Crippen molar-refractivity contribution in [1.29, 1.82) is 0 Å². The lowest BCUT2D eigenvalue weighted by atomic mass is 9.66. The van der Waals surface area contributed by atoms with E-state index < -0.39 is 8.32 Å². The van der Waals surface area contributed by atoms with Gasteiger partial charge in [-0.25, -0.2) is 0 Å². The van der Waals surface area contributed by atoms with Crippen LogP contribution in [0.2, 0.25) is 19.6 Å². The lowest BCUT2D eigenvalue weighted by Crippen LogP contribution is -2.35. The molecule has 0 spiro atoms. The molecule has 0 aliphatic heterocycles. The molecule has 122 valence electrons. The first kappa shape index (κ1) is 17.1. The lowest BCUT2D eigenvalue weighted by Gasteiger charge is -2.39. The fraction of sp³-hybridized carbons (Fsp3) is 0.611. The van der Waals surface area contributed by atoms with Crippen LogP contribution >= 0.6 is 0 Å². The predicted molar refractivity (Wildman–Crippen MR) is 95.0 cm³/mol. The van der Waals surface area contributed by atoms with E-state index in [2.05, 4.69) is 45.1 Å². The Labute approximate surface area is 134 Å². The van der Waals surface area contributed by atoms with Crippen LogP contribution in [0, 0.1) is 17.8 Å². The fourth-order valence-electron chi connectivity index (χ4n) is 3.83. The third-order valence-electron chi connectivity index (χ3n) is 4.53. The quantitative estimate of drug-likeness (QED) is 0.654. The van der Waals surface area contributed by atoms with E-state index in [-0.39, 0.29) is 11.3 Å². The summed E-state index contributed by atoms with van der Waals surface area (Å²) >= 11 is 0. The second-order valence-corrected chi connectivity index (χ2v) is 12.2. The van der Waals surface area contributed by atoms with Crippen LogP contribution in [0.4, 0.5) is 0 Å². The highest BCUT2D eigenvalue weighted by Crippen LogP contribution is 2.45. The number of pyridine rings is 1. The van der Waals surface area contributed by atoms with Crippen molar-refractivity contribution in [2.45, 2.75) is 52.2 Å². The molecule has 4 heteroatoms. The van der Waals surface area contributed by atoms with Gasteiger partial charge in [-0.15, -0.1) is 6.58 Å². The van der Waals surface area contributed by atoms with Gasteiger partial charge in [0.05, 0.1) is 5.56 Å². The number of rotatable bonds is 4. The molecule has 1 aromatic rings. The summed E-state index contributed by atoms with van der Waals surface area (Å²) in [7, 11) is -1.78. The van der Waals surface area contributed by atoms with Crippen molar-refractivity contribution in [2.75, 3.05) is 0 Å². The average molecular weight is 320 g/mol. The van der Waals surface area contributed by atoms with Crippen LogP contribution < -0.4 is 9.85 Å². The molecular weight excluding hydrogens is 290 g/mol. The number of nitrogens with one attached hydrogen (secondary N) is 1. The number of aromatic nitrogens is 1. The Kier molecular flexibility index (Phi) is 5.00. The molecule has 2 rings (SSSR count). The Morgan fingerprint density at radius 1 is 1.32 bits per heavy atom. The van der Waals surface area contributed by atoms with Crippen molar-refractivity contribution in [3.05, 3.63) is 40.7 Å². The predicted octanol–water partition coefficient (Wildman–Crippen LogP) is 4.54. The van der Waals surface area contributed by atoms with Crippen LogP contribution in [0.3, 0.4) is 0 Å². The van der Waals surface area contributed by atoms with Crippen molar-refractivity contribution in [3.8, 4) is 5.88 Å². The molecule has 1 aromatic heterocycles. The largest absolute Gasteiger partial charge is 0.532 e. The molecule has 4 atom stereocenters. The molecule has 1 saturated carbocycles. The molecule has 0 saturated heterocycles. The van der Waals surface area contributed by atoms with E-state index in [9.17, 15) is 4.79 Å². The highest BCUT2D eigenvalue weighted by Gasteiger charge is 2.37. The summed E-state index contributed by atoms with van der Waals surface area (Å²) in [6.07, 6.45) is 5.97. The first-order valence-corrected chi connectivity index (χ1v) is 11.7.